The zero-order valence-electron chi connectivity index (χ0n) is 11.0. The van der Waals surface area contributed by atoms with Gasteiger partial charge in [0.15, 0.2) is 0 Å². The Bertz CT molecular complexity index is 542. The molecule has 2 aromatic rings. The second-order valence-corrected chi connectivity index (χ2v) is 5.29. The number of aromatic nitrogens is 4. The number of hydrogen-bond acceptors (Lipinski definition) is 3. The molecule has 0 aliphatic carbocycles. The van der Waals surface area contributed by atoms with Crippen LogP contribution in [-0.4, -0.2) is 19.1 Å². The molecule has 92 valence electrons. The summed E-state index contributed by atoms with van der Waals surface area (Å²) in [6.45, 7) is 8.32. The van der Waals surface area contributed by atoms with Crippen molar-refractivity contribution in [2.24, 2.45) is 7.05 Å². The average Bonchev–Trinajstić information content (AvgIpc) is 2.69. The van der Waals surface area contributed by atoms with E-state index in [2.05, 4.69) is 35.3 Å². The van der Waals surface area contributed by atoms with Gasteiger partial charge in [0.25, 0.3) is 0 Å². The Labute approximate surface area is 101 Å². The van der Waals surface area contributed by atoms with E-state index < -0.39 is 0 Å². The summed E-state index contributed by atoms with van der Waals surface area (Å²) in [6.07, 6.45) is 3.53. The maximum atomic E-state index is 6.21. The topological polar surface area (TPSA) is 61.7 Å². The lowest BCUT2D eigenvalue weighted by Crippen LogP contribution is -2.24. The van der Waals surface area contributed by atoms with Crippen molar-refractivity contribution >= 4 is 5.82 Å². The fourth-order valence-electron chi connectivity index (χ4n) is 2.17. The third kappa shape index (κ3) is 1.81. The van der Waals surface area contributed by atoms with Crippen LogP contribution in [0.3, 0.4) is 0 Å². The van der Waals surface area contributed by atoms with E-state index >= 15 is 0 Å². The van der Waals surface area contributed by atoms with Crippen LogP contribution in [0, 0.1) is 6.92 Å². The summed E-state index contributed by atoms with van der Waals surface area (Å²) in [7, 11) is 1.94. The minimum Gasteiger partial charge on any atom is -0.383 e. The lowest BCUT2D eigenvalue weighted by Gasteiger charge is -2.24. The van der Waals surface area contributed by atoms with E-state index in [-0.39, 0.29) is 5.54 Å². The van der Waals surface area contributed by atoms with Gasteiger partial charge >= 0.3 is 0 Å². The second-order valence-electron chi connectivity index (χ2n) is 5.29. The number of rotatable bonds is 1. The van der Waals surface area contributed by atoms with Crippen molar-refractivity contribution in [2.75, 3.05) is 5.73 Å². The summed E-state index contributed by atoms with van der Waals surface area (Å²) in [5.41, 5.74) is 7.88. The highest BCUT2D eigenvalue weighted by molar-refractivity contribution is 5.68. The molecule has 5 heteroatoms. The van der Waals surface area contributed by atoms with Crippen molar-refractivity contribution in [1.82, 2.24) is 19.1 Å². The van der Waals surface area contributed by atoms with Crippen LogP contribution in [0.1, 0.15) is 26.6 Å². The Balaban J connectivity index is 2.64. The molecule has 0 saturated carbocycles. The van der Waals surface area contributed by atoms with Gasteiger partial charge in [-0.05, 0) is 27.7 Å². The summed E-state index contributed by atoms with van der Waals surface area (Å²) < 4.78 is 3.97. The molecule has 0 aliphatic heterocycles. The van der Waals surface area contributed by atoms with Crippen molar-refractivity contribution in [2.45, 2.75) is 33.2 Å². The molecule has 0 aliphatic rings. The number of nitrogens with zero attached hydrogens (tertiary/aromatic N) is 4. The molecule has 0 aromatic carbocycles. The molecule has 0 saturated heterocycles. The van der Waals surface area contributed by atoms with Gasteiger partial charge in [0.05, 0.1) is 18.2 Å². The molecule has 0 atom stereocenters. The molecule has 0 fully saturated rings. The van der Waals surface area contributed by atoms with Crippen LogP contribution in [-0.2, 0) is 12.6 Å². The molecule has 0 radical (unpaired) electrons. The van der Waals surface area contributed by atoms with Crippen molar-refractivity contribution in [3.8, 4) is 11.4 Å². The highest BCUT2D eigenvalue weighted by atomic mass is 15.2. The molecule has 0 amide bonds. The van der Waals surface area contributed by atoms with Gasteiger partial charge < -0.3 is 14.9 Å². The molecule has 2 rings (SSSR count). The fourth-order valence-corrected chi connectivity index (χ4v) is 2.17. The van der Waals surface area contributed by atoms with Gasteiger partial charge in [-0.1, -0.05) is 0 Å². The molecule has 0 spiro atoms. The van der Waals surface area contributed by atoms with Gasteiger partial charge in [0.2, 0.25) is 0 Å². The van der Waals surface area contributed by atoms with Gasteiger partial charge in [-0.2, -0.15) is 0 Å². The fraction of sp³-hybridized carbons (Fsp3) is 0.500. The zero-order valence-corrected chi connectivity index (χ0v) is 11.0. The maximum Gasteiger partial charge on any atom is 0.133 e. The summed E-state index contributed by atoms with van der Waals surface area (Å²) in [4.78, 5) is 8.66. The number of nitrogens with two attached hydrogens (primary N) is 1. The lowest BCUT2D eigenvalue weighted by molar-refractivity contribution is 0.393. The van der Waals surface area contributed by atoms with Crippen LogP contribution in [0.2, 0.25) is 0 Å². The van der Waals surface area contributed by atoms with E-state index in [0.29, 0.717) is 5.82 Å². The smallest absolute Gasteiger partial charge is 0.133 e. The Morgan fingerprint density at radius 2 is 1.94 bits per heavy atom. The van der Waals surface area contributed by atoms with Crippen LogP contribution >= 0.6 is 0 Å². The highest BCUT2D eigenvalue weighted by Gasteiger charge is 2.23. The first kappa shape index (κ1) is 11.7. The summed E-state index contributed by atoms with van der Waals surface area (Å²) in [5.74, 6) is 1.62. The monoisotopic (exact) mass is 233 g/mol. The van der Waals surface area contributed by atoms with Crippen LogP contribution in [0.5, 0.6) is 0 Å². The van der Waals surface area contributed by atoms with E-state index in [1.807, 2.05) is 18.5 Å². The van der Waals surface area contributed by atoms with Gasteiger partial charge in [-0.25, -0.2) is 9.97 Å². The van der Waals surface area contributed by atoms with E-state index in [1.54, 1.807) is 12.5 Å². The number of anilines is 1. The molecule has 2 aromatic heterocycles. The SMILES string of the molecule is Cc1nc(-c2cncn2C)c(N)n1C(C)(C)C. The lowest BCUT2D eigenvalue weighted by atomic mass is 10.1. The highest BCUT2D eigenvalue weighted by Crippen LogP contribution is 2.30. The molecular weight excluding hydrogens is 214 g/mol. The molecule has 2 heterocycles. The van der Waals surface area contributed by atoms with Gasteiger partial charge in [0, 0.05) is 12.6 Å². The first-order valence-corrected chi connectivity index (χ1v) is 5.64. The van der Waals surface area contributed by atoms with Crippen LogP contribution < -0.4 is 5.73 Å². The molecule has 2 N–H and O–H groups in total. The number of imidazole rings is 2. The predicted octanol–water partition coefficient (Wildman–Crippen LogP) is 1.93. The van der Waals surface area contributed by atoms with Crippen molar-refractivity contribution in [3.05, 3.63) is 18.3 Å². The largest absolute Gasteiger partial charge is 0.383 e. The van der Waals surface area contributed by atoms with E-state index in [4.69, 9.17) is 5.73 Å². The molecule has 0 bridgehead atoms. The number of hydrogen-bond donors (Lipinski definition) is 1. The maximum absolute atomic E-state index is 6.21. The second kappa shape index (κ2) is 3.61. The Kier molecular flexibility index (Phi) is 2.49. The number of nitrogen functional groups attached to an aromatic ring is 1. The van der Waals surface area contributed by atoms with Crippen LogP contribution in [0.15, 0.2) is 12.5 Å². The normalized spacial score (nSPS) is 12.1. The third-order valence-corrected chi connectivity index (χ3v) is 2.81. The zero-order chi connectivity index (χ0) is 12.8. The Morgan fingerprint density at radius 1 is 1.29 bits per heavy atom. The molecule has 0 unspecified atom stereocenters. The number of aryl methyl sites for hydroxylation is 2. The van der Waals surface area contributed by atoms with Crippen LogP contribution in [0.4, 0.5) is 5.82 Å². The first-order chi connectivity index (χ1) is 7.82. The average molecular weight is 233 g/mol. The minimum absolute atomic E-state index is 0.0714. The molecular formula is C12H19N5. The minimum atomic E-state index is -0.0714. The van der Waals surface area contributed by atoms with Crippen molar-refractivity contribution in [1.29, 1.82) is 0 Å². The van der Waals surface area contributed by atoms with Gasteiger partial charge in [0.1, 0.15) is 17.3 Å². The first-order valence-electron chi connectivity index (χ1n) is 5.64. The standard InChI is InChI=1S/C12H19N5/c1-8-15-10(9-6-14-7-16(9)5)11(13)17(8)12(2,3)4/h6-7H,13H2,1-5H3. The van der Waals surface area contributed by atoms with Gasteiger partial charge in [-0.15, -0.1) is 0 Å². The van der Waals surface area contributed by atoms with E-state index in [9.17, 15) is 0 Å². The predicted molar refractivity (Wildman–Crippen MR) is 68.6 cm³/mol. The van der Waals surface area contributed by atoms with Crippen molar-refractivity contribution in [3.63, 3.8) is 0 Å². The molecule has 17 heavy (non-hydrogen) atoms. The third-order valence-electron chi connectivity index (χ3n) is 2.81. The summed E-state index contributed by atoms with van der Waals surface area (Å²) in [5, 5.41) is 0. The quantitative estimate of drug-likeness (QED) is 0.818. The van der Waals surface area contributed by atoms with Crippen LogP contribution in [0.25, 0.3) is 11.4 Å². The van der Waals surface area contributed by atoms with E-state index in [1.165, 1.54) is 0 Å². The summed E-state index contributed by atoms with van der Waals surface area (Å²) >= 11 is 0. The van der Waals surface area contributed by atoms with Crippen molar-refractivity contribution < 1.29 is 0 Å². The Morgan fingerprint density at radius 3 is 2.35 bits per heavy atom. The molecule has 5 nitrogen and oxygen atoms in total. The van der Waals surface area contributed by atoms with Gasteiger partial charge in [-0.3, -0.25) is 0 Å². The van der Waals surface area contributed by atoms with E-state index in [0.717, 1.165) is 17.2 Å². The Hall–Kier alpha value is -1.78. The summed E-state index contributed by atoms with van der Waals surface area (Å²) in [6, 6.07) is 0.